The summed E-state index contributed by atoms with van der Waals surface area (Å²) in [6.45, 7) is 2.43. The van der Waals surface area contributed by atoms with Crippen LogP contribution in [-0.4, -0.2) is 38.4 Å². The van der Waals surface area contributed by atoms with Crippen LogP contribution >= 0.6 is 0 Å². The van der Waals surface area contributed by atoms with Crippen LogP contribution in [0, 0.1) is 5.92 Å². The summed E-state index contributed by atoms with van der Waals surface area (Å²) in [4.78, 5) is 11.8. The third-order valence-corrected chi connectivity index (χ3v) is 4.92. The van der Waals surface area contributed by atoms with Crippen LogP contribution in [-0.2, 0) is 14.6 Å². The maximum atomic E-state index is 11.8. The van der Waals surface area contributed by atoms with Crippen LogP contribution in [0.4, 0.5) is 0 Å². The fourth-order valence-corrected chi connectivity index (χ4v) is 3.67. The van der Waals surface area contributed by atoms with Gasteiger partial charge in [-0.1, -0.05) is 6.92 Å². The van der Waals surface area contributed by atoms with Crippen molar-refractivity contribution in [2.24, 2.45) is 11.7 Å². The fraction of sp³-hybridized carbons (Fsp3) is 0.909. The summed E-state index contributed by atoms with van der Waals surface area (Å²) in [5, 5.41) is 2.82. The largest absolute Gasteiger partial charge is 0.352 e. The third kappa shape index (κ3) is 5.04. The molecule has 5 nitrogen and oxygen atoms in total. The number of rotatable bonds is 5. The van der Waals surface area contributed by atoms with Crippen molar-refractivity contribution in [1.29, 1.82) is 0 Å². The van der Waals surface area contributed by atoms with Gasteiger partial charge >= 0.3 is 0 Å². The standard InChI is InChI=1S/C11H22N2O3S/c1-9(4-2-6-12)11(14)13-10-5-3-7-17(15,16)8-10/h9-10H,2-8,12H2,1H3,(H,13,14). The van der Waals surface area contributed by atoms with Crippen molar-refractivity contribution in [3.8, 4) is 0 Å². The summed E-state index contributed by atoms with van der Waals surface area (Å²) in [7, 11) is -2.95. The molecule has 1 heterocycles. The molecule has 0 aliphatic carbocycles. The molecular weight excluding hydrogens is 240 g/mol. The molecule has 1 amide bonds. The highest BCUT2D eigenvalue weighted by Crippen LogP contribution is 2.13. The van der Waals surface area contributed by atoms with E-state index >= 15 is 0 Å². The lowest BCUT2D eigenvalue weighted by molar-refractivity contribution is -0.125. The highest BCUT2D eigenvalue weighted by molar-refractivity contribution is 7.91. The van der Waals surface area contributed by atoms with Crippen LogP contribution < -0.4 is 11.1 Å². The number of nitrogens with one attached hydrogen (secondary N) is 1. The Balaban J connectivity index is 2.40. The topological polar surface area (TPSA) is 89.3 Å². The van der Waals surface area contributed by atoms with E-state index in [4.69, 9.17) is 5.73 Å². The number of amides is 1. The summed E-state index contributed by atoms with van der Waals surface area (Å²) >= 11 is 0. The molecule has 1 aliphatic rings. The Morgan fingerprint density at radius 1 is 1.53 bits per heavy atom. The van der Waals surface area contributed by atoms with E-state index in [0.29, 0.717) is 13.0 Å². The molecule has 100 valence electrons. The van der Waals surface area contributed by atoms with Crippen LogP contribution in [0.2, 0.25) is 0 Å². The smallest absolute Gasteiger partial charge is 0.223 e. The van der Waals surface area contributed by atoms with Gasteiger partial charge in [-0.15, -0.1) is 0 Å². The van der Waals surface area contributed by atoms with E-state index in [9.17, 15) is 13.2 Å². The molecule has 6 heteroatoms. The van der Waals surface area contributed by atoms with E-state index in [2.05, 4.69) is 5.32 Å². The Hall–Kier alpha value is -0.620. The molecule has 0 aromatic carbocycles. The van der Waals surface area contributed by atoms with Crippen LogP contribution in [0.15, 0.2) is 0 Å². The van der Waals surface area contributed by atoms with Crippen molar-refractivity contribution in [1.82, 2.24) is 5.32 Å². The van der Waals surface area contributed by atoms with Crippen molar-refractivity contribution in [3.05, 3.63) is 0 Å². The van der Waals surface area contributed by atoms with Crippen molar-refractivity contribution in [2.45, 2.75) is 38.6 Å². The molecule has 1 rings (SSSR count). The number of sulfone groups is 1. The van der Waals surface area contributed by atoms with Gasteiger partial charge in [0.1, 0.15) is 0 Å². The second kappa shape index (κ2) is 6.35. The molecule has 0 aromatic heterocycles. The van der Waals surface area contributed by atoms with Gasteiger partial charge in [0.2, 0.25) is 5.91 Å². The van der Waals surface area contributed by atoms with Gasteiger partial charge in [-0.2, -0.15) is 0 Å². The maximum absolute atomic E-state index is 11.8. The van der Waals surface area contributed by atoms with E-state index in [1.165, 1.54) is 0 Å². The van der Waals surface area contributed by atoms with E-state index in [1.54, 1.807) is 0 Å². The molecule has 0 aromatic rings. The van der Waals surface area contributed by atoms with E-state index < -0.39 is 9.84 Å². The van der Waals surface area contributed by atoms with Crippen LogP contribution in [0.5, 0.6) is 0 Å². The Kier molecular flexibility index (Phi) is 5.39. The van der Waals surface area contributed by atoms with Gasteiger partial charge in [-0.05, 0) is 32.2 Å². The first kappa shape index (κ1) is 14.4. The number of nitrogens with two attached hydrogens (primary N) is 1. The SMILES string of the molecule is CC(CCCN)C(=O)NC1CCCS(=O)(=O)C1. The molecule has 2 atom stereocenters. The Morgan fingerprint density at radius 2 is 2.24 bits per heavy atom. The van der Waals surface area contributed by atoms with Gasteiger partial charge in [-0.25, -0.2) is 8.42 Å². The molecule has 1 aliphatic heterocycles. The fourth-order valence-electron chi connectivity index (χ4n) is 2.04. The first-order valence-corrected chi connectivity index (χ1v) is 7.97. The predicted molar refractivity (Wildman–Crippen MR) is 67.3 cm³/mol. The summed E-state index contributed by atoms with van der Waals surface area (Å²) in [5.74, 6) is 0.188. The average molecular weight is 262 g/mol. The molecule has 3 N–H and O–H groups in total. The van der Waals surface area contributed by atoms with E-state index in [1.807, 2.05) is 6.92 Å². The van der Waals surface area contributed by atoms with Crippen molar-refractivity contribution < 1.29 is 13.2 Å². The Bertz CT molecular complexity index is 354. The summed E-state index contributed by atoms with van der Waals surface area (Å²) in [6.07, 6.45) is 2.97. The van der Waals surface area contributed by atoms with E-state index in [-0.39, 0.29) is 29.4 Å². The number of carbonyl (C=O) groups is 1. The van der Waals surface area contributed by atoms with Crippen molar-refractivity contribution in [3.63, 3.8) is 0 Å². The lowest BCUT2D eigenvalue weighted by Crippen LogP contribution is -2.45. The zero-order valence-electron chi connectivity index (χ0n) is 10.3. The minimum absolute atomic E-state index is 0.0550. The predicted octanol–water partition coefficient (Wildman–Crippen LogP) is 0.0548. The normalized spacial score (nSPS) is 25.2. The Morgan fingerprint density at radius 3 is 2.82 bits per heavy atom. The monoisotopic (exact) mass is 262 g/mol. The van der Waals surface area contributed by atoms with Crippen LogP contribution in [0.3, 0.4) is 0 Å². The first-order valence-electron chi connectivity index (χ1n) is 6.15. The molecule has 0 spiro atoms. The summed E-state index contributed by atoms with van der Waals surface area (Å²) in [6, 6.07) is -0.207. The lowest BCUT2D eigenvalue weighted by Gasteiger charge is -2.24. The number of hydrogen-bond donors (Lipinski definition) is 2. The van der Waals surface area contributed by atoms with Gasteiger partial charge in [0.25, 0.3) is 0 Å². The summed E-state index contributed by atoms with van der Waals surface area (Å²) in [5.41, 5.74) is 5.39. The van der Waals surface area contributed by atoms with Gasteiger partial charge in [-0.3, -0.25) is 4.79 Å². The van der Waals surface area contributed by atoms with Gasteiger partial charge in [0, 0.05) is 12.0 Å². The van der Waals surface area contributed by atoms with Gasteiger partial charge in [0.15, 0.2) is 9.84 Å². The molecule has 0 saturated carbocycles. The molecule has 2 unspecified atom stereocenters. The van der Waals surface area contributed by atoms with Crippen LogP contribution in [0.25, 0.3) is 0 Å². The highest BCUT2D eigenvalue weighted by Gasteiger charge is 2.26. The molecule has 0 bridgehead atoms. The van der Waals surface area contributed by atoms with Crippen molar-refractivity contribution in [2.75, 3.05) is 18.1 Å². The molecule has 1 saturated heterocycles. The second-order valence-electron chi connectivity index (χ2n) is 4.79. The second-order valence-corrected chi connectivity index (χ2v) is 7.02. The average Bonchev–Trinajstić information content (AvgIpc) is 2.24. The zero-order chi connectivity index (χ0) is 12.9. The number of hydrogen-bond acceptors (Lipinski definition) is 4. The minimum Gasteiger partial charge on any atom is -0.352 e. The quantitative estimate of drug-likeness (QED) is 0.733. The highest BCUT2D eigenvalue weighted by atomic mass is 32.2. The minimum atomic E-state index is -2.95. The molecule has 0 radical (unpaired) electrons. The Labute approximate surface area is 103 Å². The maximum Gasteiger partial charge on any atom is 0.223 e. The molecule has 1 fully saturated rings. The molecular formula is C11H22N2O3S. The zero-order valence-corrected chi connectivity index (χ0v) is 11.1. The molecule has 17 heavy (non-hydrogen) atoms. The lowest BCUT2D eigenvalue weighted by atomic mass is 10.0. The first-order chi connectivity index (χ1) is 7.94. The van der Waals surface area contributed by atoms with Gasteiger partial charge < -0.3 is 11.1 Å². The number of carbonyl (C=O) groups excluding carboxylic acids is 1. The summed E-state index contributed by atoms with van der Waals surface area (Å²) < 4.78 is 22.8. The van der Waals surface area contributed by atoms with Crippen molar-refractivity contribution >= 4 is 15.7 Å². The van der Waals surface area contributed by atoms with E-state index in [0.717, 1.165) is 19.3 Å². The van der Waals surface area contributed by atoms with Crippen LogP contribution in [0.1, 0.15) is 32.6 Å². The third-order valence-electron chi connectivity index (χ3n) is 3.10. The van der Waals surface area contributed by atoms with Gasteiger partial charge in [0.05, 0.1) is 11.5 Å².